The summed E-state index contributed by atoms with van der Waals surface area (Å²) in [6.07, 6.45) is 0.289. The van der Waals surface area contributed by atoms with E-state index in [0.717, 1.165) is 0 Å². The molecule has 3 rings (SSSR count). The first-order valence-corrected chi connectivity index (χ1v) is 8.23. The molecular formula is C20H21NO5. The molecule has 2 aromatic carbocycles. The Balaban J connectivity index is 1.90. The molecule has 0 saturated carbocycles. The van der Waals surface area contributed by atoms with Crippen molar-refractivity contribution in [3.05, 3.63) is 47.5 Å². The second-order valence-corrected chi connectivity index (χ2v) is 6.66. The monoisotopic (exact) mass is 355 g/mol. The minimum Gasteiger partial charge on any atom is -0.496 e. The Morgan fingerprint density at radius 2 is 1.77 bits per heavy atom. The van der Waals surface area contributed by atoms with Gasteiger partial charge in [0.2, 0.25) is 0 Å². The number of hydrogen-bond acceptors (Lipinski definition) is 5. The summed E-state index contributed by atoms with van der Waals surface area (Å²) in [6.45, 7) is 3.75. The number of carbonyl (C=O) groups is 2. The van der Waals surface area contributed by atoms with Gasteiger partial charge in [0.15, 0.2) is 5.78 Å². The van der Waals surface area contributed by atoms with Crippen molar-refractivity contribution in [2.75, 3.05) is 19.5 Å². The largest absolute Gasteiger partial charge is 0.496 e. The number of ketones is 1. The third kappa shape index (κ3) is 3.35. The lowest BCUT2D eigenvalue weighted by atomic mass is 9.93. The molecule has 6 nitrogen and oxygen atoms in total. The fourth-order valence-electron chi connectivity index (χ4n) is 3.00. The van der Waals surface area contributed by atoms with Crippen molar-refractivity contribution in [3.8, 4) is 17.2 Å². The summed E-state index contributed by atoms with van der Waals surface area (Å²) in [4.78, 5) is 25.1. The Bertz CT molecular complexity index is 850. The SMILES string of the molecule is COc1cccc(OC)c1C(=O)Nc1ccc2c(c1)C(=O)CC(C)(C)O2. The maximum atomic E-state index is 12.7. The fraction of sp³-hybridized carbons (Fsp3) is 0.300. The Hall–Kier alpha value is -3.02. The lowest BCUT2D eigenvalue weighted by Crippen LogP contribution is -2.35. The van der Waals surface area contributed by atoms with Crippen LogP contribution in [0.2, 0.25) is 0 Å². The number of anilines is 1. The zero-order valence-electron chi connectivity index (χ0n) is 15.2. The fourth-order valence-corrected chi connectivity index (χ4v) is 3.00. The number of amides is 1. The van der Waals surface area contributed by atoms with E-state index in [-0.39, 0.29) is 18.1 Å². The van der Waals surface area contributed by atoms with Gasteiger partial charge in [-0.1, -0.05) is 6.07 Å². The average molecular weight is 355 g/mol. The van der Waals surface area contributed by atoms with Crippen LogP contribution in [-0.4, -0.2) is 31.5 Å². The molecule has 0 bridgehead atoms. The maximum Gasteiger partial charge on any atom is 0.263 e. The van der Waals surface area contributed by atoms with E-state index in [1.165, 1.54) is 14.2 Å². The molecule has 0 unspecified atom stereocenters. The number of fused-ring (bicyclic) bond motifs is 1. The first-order valence-electron chi connectivity index (χ1n) is 8.23. The number of rotatable bonds is 4. The summed E-state index contributed by atoms with van der Waals surface area (Å²) < 4.78 is 16.4. The summed E-state index contributed by atoms with van der Waals surface area (Å²) >= 11 is 0. The minimum atomic E-state index is -0.528. The van der Waals surface area contributed by atoms with Crippen LogP contribution in [0.5, 0.6) is 17.2 Å². The van der Waals surface area contributed by atoms with Gasteiger partial charge in [0.25, 0.3) is 5.91 Å². The van der Waals surface area contributed by atoms with Gasteiger partial charge >= 0.3 is 0 Å². The maximum absolute atomic E-state index is 12.7. The van der Waals surface area contributed by atoms with E-state index in [1.807, 2.05) is 13.8 Å². The lowest BCUT2D eigenvalue weighted by Gasteiger charge is -2.31. The van der Waals surface area contributed by atoms with Crippen LogP contribution in [0.25, 0.3) is 0 Å². The van der Waals surface area contributed by atoms with Crippen LogP contribution in [0.15, 0.2) is 36.4 Å². The molecule has 0 atom stereocenters. The zero-order chi connectivity index (χ0) is 18.9. The average Bonchev–Trinajstić information content (AvgIpc) is 2.60. The first-order chi connectivity index (χ1) is 12.3. The number of ether oxygens (including phenoxy) is 3. The van der Waals surface area contributed by atoms with Gasteiger partial charge in [0.05, 0.1) is 26.2 Å². The molecule has 0 aliphatic carbocycles. The molecule has 26 heavy (non-hydrogen) atoms. The Kier molecular flexibility index (Phi) is 4.59. The minimum absolute atomic E-state index is 0.0118. The number of carbonyl (C=O) groups excluding carboxylic acids is 2. The summed E-state index contributed by atoms with van der Waals surface area (Å²) in [6, 6.07) is 10.1. The normalized spacial score (nSPS) is 14.8. The van der Waals surface area contributed by atoms with Gasteiger partial charge in [-0.05, 0) is 44.2 Å². The quantitative estimate of drug-likeness (QED) is 0.905. The van der Waals surface area contributed by atoms with Crippen LogP contribution in [0.3, 0.4) is 0 Å². The number of methoxy groups -OCH3 is 2. The van der Waals surface area contributed by atoms with Crippen LogP contribution in [0.1, 0.15) is 41.0 Å². The van der Waals surface area contributed by atoms with Crippen molar-refractivity contribution in [2.45, 2.75) is 25.9 Å². The predicted molar refractivity (Wildman–Crippen MR) is 97.6 cm³/mol. The van der Waals surface area contributed by atoms with Crippen molar-refractivity contribution < 1.29 is 23.8 Å². The highest BCUT2D eigenvalue weighted by Gasteiger charge is 2.32. The smallest absolute Gasteiger partial charge is 0.263 e. The topological polar surface area (TPSA) is 73.9 Å². The Labute approximate surface area is 152 Å². The van der Waals surface area contributed by atoms with Gasteiger partial charge in [0.1, 0.15) is 28.4 Å². The standard InChI is InChI=1S/C20H21NO5/c1-20(2)11-14(22)13-10-12(8-9-15(13)26-20)21-19(23)18-16(24-3)6-5-7-17(18)25-4/h5-10H,11H2,1-4H3,(H,21,23). The molecule has 136 valence electrons. The van der Waals surface area contributed by atoms with Crippen molar-refractivity contribution in [3.63, 3.8) is 0 Å². The van der Waals surface area contributed by atoms with Crippen LogP contribution in [0.4, 0.5) is 5.69 Å². The van der Waals surface area contributed by atoms with E-state index in [2.05, 4.69) is 5.32 Å². The molecule has 6 heteroatoms. The Morgan fingerprint density at radius 3 is 2.38 bits per heavy atom. The number of benzene rings is 2. The molecule has 1 aliphatic rings. The number of Topliss-reactive ketones (excluding diaryl/α,β-unsaturated/α-hetero) is 1. The number of nitrogens with one attached hydrogen (secondary N) is 1. The van der Waals surface area contributed by atoms with Crippen LogP contribution in [0, 0.1) is 0 Å². The first kappa shape index (κ1) is 17.8. The molecule has 0 saturated heterocycles. The highest BCUT2D eigenvalue weighted by atomic mass is 16.5. The third-order valence-electron chi connectivity index (χ3n) is 4.17. The molecule has 1 amide bonds. The summed E-state index contributed by atoms with van der Waals surface area (Å²) in [7, 11) is 2.98. The molecule has 0 spiro atoms. The lowest BCUT2D eigenvalue weighted by molar-refractivity contribution is 0.0620. The molecule has 0 aromatic heterocycles. The molecule has 2 aromatic rings. The van der Waals surface area contributed by atoms with E-state index < -0.39 is 5.60 Å². The van der Waals surface area contributed by atoms with E-state index in [9.17, 15) is 9.59 Å². The van der Waals surface area contributed by atoms with Crippen molar-refractivity contribution in [1.29, 1.82) is 0 Å². The molecule has 0 radical (unpaired) electrons. The second-order valence-electron chi connectivity index (χ2n) is 6.66. The van der Waals surface area contributed by atoms with Gasteiger partial charge in [-0.25, -0.2) is 0 Å². The van der Waals surface area contributed by atoms with Gasteiger partial charge in [0, 0.05) is 5.69 Å². The van der Waals surface area contributed by atoms with E-state index in [0.29, 0.717) is 34.1 Å². The number of hydrogen-bond donors (Lipinski definition) is 1. The predicted octanol–water partition coefficient (Wildman–Crippen LogP) is 3.70. The van der Waals surface area contributed by atoms with Gasteiger partial charge in [-0.2, -0.15) is 0 Å². The van der Waals surface area contributed by atoms with Crippen LogP contribution >= 0.6 is 0 Å². The summed E-state index contributed by atoms with van der Waals surface area (Å²) in [5, 5.41) is 2.79. The zero-order valence-corrected chi connectivity index (χ0v) is 15.2. The van der Waals surface area contributed by atoms with E-state index >= 15 is 0 Å². The molecule has 1 aliphatic heterocycles. The van der Waals surface area contributed by atoms with Crippen LogP contribution in [-0.2, 0) is 0 Å². The molecule has 1 N–H and O–H groups in total. The highest BCUT2D eigenvalue weighted by molar-refractivity contribution is 6.09. The van der Waals surface area contributed by atoms with Crippen molar-refractivity contribution in [1.82, 2.24) is 0 Å². The van der Waals surface area contributed by atoms with Gasteiger partial charge < -0.3 is 19.5 Å². The summed E-state index contributed by atoms with van der Waals surface area (Å²) in [5.74, 6) is 0.937. The van der Waals surface area contributed by atoms with Crippen molar-refractivity contribution in [2.24, 2.45) is 0 Å². The third-order valence-corrected chi connectivity index (χ3v) is 4.17. The Morgan fingerprint density at radius 1 is 1.12 bits per heavy atom. The van der Waals surface area contributed by atoms with Crippen LogP contribution < -0.4 is 19.5 Å². The summed E-state index contributed by atoms with van der Waals surface area (Å²) in [5.41, 5.74) is 0.728. The molecule has 0 fully saturated rings. The molecule has 1 heterocycles. The van der Waals surface area contributed by atoms with Crippen molar-refractivity contribution >= 4 is 17.4 Å². The second kappa shape index (κ2) is 6.71. The molecular weight excluding hydrogens is 334 g/mol. The van der Waals surface area contributed by atoms with E-state index in [4.69, 9.17) is 14.2 Å². The van der Waals surface area contributed by atoms with Gasteiger partial charge in [-0.3, -0.25) is 9.59 Å². The van der Waals surface area contributed by atoms with Gasteiger partial charge in [-0.15, -0.1) is 0 Å². The van der Waals surface area contributed by atoms with E-state index in [1.54, 1.807) is 36.4 Å². The highest BCUT2D eigenvalue weighted by Crippen LogP contribution is 2.35.